The van der Waals surface area contributed by atoms with Crippen molar-refractivity contribution in [2.75, 3.05) is 11.6 Å². The summed E-state index contributed by atoms with van der Waals surface area (Å²) in [6.07, 6.45) is 1.01. The second kappa shape index (κ2) is 5.29. The summed E-state index contributed by atoms with van der Waals surface area (Å²) < 4.78 is 22.4. The van der Waals surface area contributed by atoms with Crippen LogP contribution in [0.4, 0.5) is 5.69 Å². The number of amides is 1. The van der Waals surface area contributed by atoms with Crippen LogP contribution in [0.1, 0.15) is 12.5 Å². The van der Waals surface area contributed by atoms with Gasteiger partial charge in [0.2, 0.25) is 5.91 Å². The van der Waals surface area contributed by atoms with Crippen molar-refractivity contribution in [2.45, 2.75) is 18.8 Å². The zero-order valence-electron chi connectivity index (χ0n) is 9.67. The van der Waals surface area contributed by atoms with E-state index >= 15 is 0 Å². The first-order valence-electron chi connectivity index (χ1n) is 5.04. The van der Waals surface area contributed by atoms with Gasteiger partial charge in [0.25, 0.3) is 0 Å². The average Bonchev–Trinajstić information content (AvgIpc) is 2.27. The summed E-state index contributed by atoms with van der Waals surface area (Å²) in [7, 11) is -3.42. The summed E-state index contributed by atoms with van der Waals surface area (Å²) in [5.41, 5.74) is 0.969. The predicted octanol–water partition coefficient (Wildman–Crippen LogP) is 0.551. The number of hydrogen-bond donors (Lipinski definition) is 2. The smallest absolute Gasteiger partial charge is 0.242 e. The van der Waals surface area contributed by atoms with Crippen molar-refractivity contribution < 1.29 is 18.3 Å². The van der Waals surface area contributed by atoms with E-state index in [-0.39, 0.29) is 6.61 Å². The number of hydrogen-bond acceptors (Lipinski definition) is 4. The first kappa shape index (κ1) is 13.7. The zero-order chi connectivity index (χ0) is 13.1. The van der Waals surface area contributed by atoms with Gasteiger partial charge in [0.05, 0.1) is 6.61 Å². The molecule has 0 aliphatic rings. The van der Waals surface area contributed by atoms with Gasteiger partial charge >= 0.3 is 0 Å². The number of sulfone groups is 1. The molecule has 0 aliphatic carbocycles. The number of nitrogens with one attached hydrogen (secondary N) is 1. The summed E-state index contributed by atoms with van der Waals surface area (Å²) in [6.45, 7) is 1.11. The van der Waals surface area contributed by atoms with Crippen LogP contribution in [0.3, 0.4) is 0 Å². The van der Waals surface area contributed by atoms with Gasteiger partial charge in [0.1, 0.15) is 5.25 Å². The fourth-order valence-corrected chi connectivity index (χ4v) is 1.66. The monoisotopic (exact) mass is 257 g/mol. The molecule has 6 heteroatoms. The van der Waals surface area contributed by atoms with E-state index in [4.69, 9.17) is 5.11 Å². The number of rotatable bonds is 4. The van der Waals surface area contributed by atoms with Crippen LogP contribution >= 0.6 is 0 Å². The molecular weight excluding hydrogens is 242 g/mol. The third-order valence-corrected chi connectivity index (χ3v) is 3.96. The van der Waals surface area contributed by atoms with E-state index in [0.717, 1.165) is 6.26 Å². The number of benzene rings is 1. The van der Waals surface area contributed by atoms with E-state index in [2.05, 4.69) is 5.32 Å². The minimum atomic E-state index is -3.42. The Labute approximate surface area is 100 Å². The second-order valence-electron chi connectivity index (χ2n) is 3.78. The van der Waals surface area contributed by atoms with Crippen molar-refractivity contribution in [3.63, 3.8) is 0 Å². The van der Waals surface area contributed by atoms with E-state index in [1.165, 1.54) is 6.92 Å². The van der Waals surface area contributed by atoms with Crippen LogP contribution in [0, 0.1) is 0 Å². The zero-order valence-corrected chi connectivity index (χ0v) is 10.5. The predicted molar refractivity (Wildman–Crippen MR) is 65.3 cm³/mol. The van der Waals surface area contributed by atoms with E-state index in [1.54, 1.807) is 24.3 Å². The van der Waals surface area contributed by atoms with Gasteiger partial charge in [0.15, 0.2) is 9.84 Å². The number of carbonyl (C=O) groups excluding carboxylic acids is 1. The minimum absolute atomic E-state index is 0.219. The highest BCUT2D eigenvalue weighted by Crippen LogP contribution is 2.15. The van der Waals surface area contributed by atoms with Crippen LogP contribution in [0.15, 0.2) is 24.3 Å². The molecule has 1 rings (SSSR count). The van der Waals surface area contributed by atoms with Crippen LogP contribution < -0.4 is 5.32 Å². The van der Waals surface area contributed by atoms with Crippen LogP contribution in [0.5, 0.6) is 0 Å². The van der Waals surface area contributed by atoms with Gasteiger partial charge < -0.3 is 10.4 Å². The lowest BCUT2D eigenvalue weighted by atomic mass is 10.2. The first-order valence-corrected chi connectivity index (χ1v) is 7.00. The third-order valence-electron chi connectivity index (χ3n) is 2.46. The Hall–Kier alpha value is -1.40. The molecule has 0 fully saturated rings. The molecule has 0 spiro atoms. The molecule has 5 nitrogen and oxygen atoms in total. The number of anilines is 1. The number of aliphatic hydroxyl groups is 1. The van der Waals surface area contributed by atoms with Crippen molar-refractivity contribution in [1.29, 1.82) is 0 Å². The number of para-hydroxylation sites is 1. The van der Waals surface area contributed by atoms with Gasteiger partial charge in [-0.2, -0.15) is 0 Å². The highest BCUT2D eigenvalue weighted by molar-refractivity contribution is 7.92. The fraction of sp³-hybridized carbons (Fsp3) is 0.364. The maximum Gasteiger partial charge on any atom is 0.242 e. The van der Waals surface area contributed by atoms with E-state index in [0.29, 0.717) is 11.3 Å². The summed E-state index contributed by atoms with van der Waals surface area (Å²) in [5, 5.41) is 10.4. The van der Waals surface area contributed by atoms with E-state index in [9.17, 15) is 13.2 Å². The Morgan fingerprint density at radius 3 is 2.53 bits per heavy atom. The topological polar surface area (TPSA) is 83.5 Å². The highest BCUT2D eigenvalue weighted by Gasteiger charge is 2.23. The van der Waals surface area contributed by atoms with Gasteiger partial charge in [-0.25, -0.2) is 8.42 Å². The Morgan fingerprint density at radius 2 is 2.00 bits per heavy atom. The van der Waals surface area contributed by atoms with Gasteiger partial charge in [-0.3, -0.25) is 4.79 Å². The molecule has 1 unspecified atom stereocenters. The Bertz CT molecular complexity index is 510. The molecule has 17 heavy (non-hydrogen) atoms. The van der Waals surface area contributed by atoms with Crippen molar-refractivity contribution in [2.24, 2.45) is 0 Å². The van der Waals surface area contributed by atoms with Gasteiger partial charge in [-0.05, 0) is 13.0 Å². The quantitative estimate of drug-likeness (QED) is 0.825. The molecule has 1 amide bonds. The Morgan fingerprint density at radius 1 is 1.41 bits per heavy atom. The van der Waals surface area contributed by atoms with E-state index in [1.807, 2.05) is 0 Å². The molecule has 0 saturated carbocycles. The standard InChI is InChI=1S/C11H15NO4S/c1-8(17(2,15)16)11(14)12-10-6-4-3-5-9(10)7-13/h3-6,8,13H,7H2,1-2H3,(H,12,14). The summed E-state index contributed by atoms with van der Waals surface area (Å²) in [5.74, 6) is -0.603. The van der Waals surface area contributed by atoms with Crippen molar-refractivity contribution >= 4 is 21.4 Å². The number of aliphatic hydroxyl groups excluding tert-OH is 1. The van der Waals surface area contributed by atoms with Crippen LogP contribution in [-0.2, 0) is 21.2 Å². The van der Waals surface area contributed by atoms with Gasteiger partial charge in [-0.1, -0.05) is 18.2 Å². The van der Waals surface area contributed by atoms with Crippen molar-refractivity contribution in [3.8, 4) is 0 Å². The lowest BCUT2D eigenvalue weighted by Crippen LogP contribution is -2.32. The lowest BCUT2D eigenvalue weighted by molar-refractivity contribution is -0.115. The minimum Gasteiger partial charge on any atom is -0.392 e. The molecule has 0 bridgehead atoms. The van der Waals surface area contributed by atoms with Gasteiger partial charge in [-0.15, -0.1) is 0 Å². The fourth-order valence-electron chi connectivity index (χ4n) is 1.21. The van der Waals surface area contributed by atoms with Crippen molar-refractivity contribution in [3.05, 3.63) is 29.8 Å². The molecule has 2 N–H and O–H groups in total. The number of carbonyl (C=O) groups is 1. The molecule has 0 radical (unpaired) electrons. The van der Waals surface area contributed by atoms with Crippen LogP contribution in [0.2, 0.25) is 0 Å². The summed E-state index contributed by atoms with van der Waals surface area (Å²) in [6, 6.07) is 6.68. The largest absolute Gasteiger partial charge is 0.392 e. The highest BCUT2D eigenvalue weighted by atomic mass is 32.2. The molecule has 0 aliphatic heterocycles. The van der Waals surface area contributed by atoms with Crippen LogP contribution in [0.25, 0.3) is 0 Å². The molecule has 0 heterocycles. The Balaban J connectivity index is 2.89. The van der Waals surface area contributed by atoms with Crippen molar-refractivity contribution in [1.82, 2.24) is 0 Å². The second-order valence-corrected chi connectivity index (χ2v) is 6.14. The normalized spacial score (nSPS) is 13.1. The average molecular weight is 257 g/mol. The Kier molecular flexibility index (Phi) is 4.25. The molecule has 0 saturated heterocycles. The maximum atomic E-state index is 11.7. The third kappa shape index (κ3) is 3.54. The summed E-state index contributed by atoms with van der Waals surface area (Å²) >= 11 is 0. The molecule has 0 aromatic heterocycles. The first-order chi connectivity index (χ1) is 7.86. The SMILES string of the molecule is CC(C(=O)Nc1ccccc1CO)S(C)(=O)=O. The molecule has 94 valence electrons. The molecular formula is C11H15NO4S. The molecule has 1 aromatic rings. The summed E-state index contributed by atoms with van der Waals surface area (Å²) in [4.78, 5) is 11.7. The maximum absolute atomic E-state index is 11.7. The van der Waals surface area contributed by atoms with Crippen LogP contribution in [-0.4, -0.2) is 30.9 Å². The molecule has 1 atom stereocenters. The van der Waals surface area contributed by atoms with Gasteiger partial charge in [0, 0.05) is 17.5 Å². The molecule has 1 aromatic carbocycles. The lowest BCUT2D eigenvalue weighted by Gasteiger charge is -2.12. The van der Waals surface area contributed by atoms with E-state index < -0.39 is 21.0 Å².